The number of nitrogens with zero attached hydrogens (tertiary/aromatic N) is 5. The lowest BCUT2D eigenvalue weighted by Crippen LogP contribution is -2.02. The van der Waals surface area contributed by atoms with E-state index in [0.717, 1.165) is 24.0 Å². The minimum absolute atomic E-state index is 0.349. The fourth-order valence-electron chi connectivity index (χ4n) is 4.30. The second kappa shape index (κ2) is 10.6. The molecular formula is C28H27N5. The van der Waals surface area contributed by atoms with Crippen molar-refractivity contribution in [2.24, 2.45) is 0 Å². The SMILES string of the molecule is CCCCCCCCn1nc2c(-c3ccccc3)c(C#N)c(C#N)c(-c3ccccc3)c2n1. The van der Waals surface area contributed by atoms with Crippen LogP contribution in [0.25, 0.3) is 33.3 Å². The largest absolute Gasteiger partial charge is 0.192 e. The smallest absolute Gasteiger partial charge is 0.123 e. The van der Waals surface area contributed by atoms with Gasteiger partial charge in [0.2, 0.25) is 0 Å². The molecule has 0 bridgehead atoms. The van der Waals surface area contributed by atoms with E-state index in [1.165, 1.54) is 25.7 Å². The molecule has 164 valence electrons. The quantitative estimate of drug-likeness (QED) is 0.270. The Morgan fingerprint density at radius 2 is 1.12 bits per heavy atom. The van der Waals surface area contributed by atoms with E-state index in [9.17, 15) is 10.5 Å². The Hall–Kier alpha value is -3.96. The highest BCUT2D eigenvalue weighted by molar-refractivity contribution is 6.05. The predicted octanol–water partition coefficient (Wildman–Crippen LogP) is 6.87. The van der Waals surface area contributed by atoms with Crippen molar-refractivity contribution in [2.75, 3.05) is 0 Å². The summed E-state index contributed by atoms with van der Waals surface area (Å²) in [6, 6.07) is 24.0. The molecule has 4 rings (SSSR count). The average molecular weight is 434 g/mol. The highest BCUT2D eigenvalue weighted by atomic mass is 15.5. The van der Waals surface area contributed by atoms with Crippen LogP contribution in [0, 0.1) is 22.7 Å². The van der Waals surface area contributed by atoms with Crippen LogP contribution in [0.2, 0.25) is 0 Å². The molecule has 0 unspecified atom stereocenters. The van der Waals surface area contributed by atoms with E-state index < -0.39 is 0 Å². The van der Waals surface area contributed by atoms with Crippen LogP contribution in [0.5, 0.6) is 0 Å². The molecule has 0 atom stereocenters. The van der Waals surface area contributed by atoms with Gasteiger partial charge < -0.3 is 0 Å². The van der Waals surface area contributed by atoms with E-state index in [-0.39, 0.29) is 0 Å². The molecule has 0 spiro atoms. The normalized spacial score (nSPS) is 10.8. The maximum Gasteiger partial charge on any atom is 0.123 e. The predicted molar refractivity (Wildman–Crippen MR) is 131 cm³/mol. The van der Waals surface area contributed by atoms with E-state index in [4.69, 9.17) is 10.2 Å². The minimum atomic E-state index is 0.349. The second-order valence-corrected chi connectivity index (χ2v) is 8.22. The van der Waals surface area contributed by atoms with Gasteiger partial charge in [0.1, 0.15) is 23.2 Å². The number of aryl methyl sites for hydroxylation is 1. The maximum absolute atomic E-state index is 10.1. The van der Waals surface area contributed by atoms with Crippen molar-refractivity contribution < 1.29 is 0 Å². The summed E-state index contributed by atoms with van der Waals surface area (Å²) in [4.78, 5) is 1.74. The van der Waals surface area contributed by atoms with Crippen LogP contribution in [-0.2, 0) is 6.54 Å². The first-order valence-corrected chi connectivity index (χ1v) is 11.6. The highest BCUT2D eigenvalue weighted by Gasteiger charge is 2.25. The standard InChI is InChI=1S/C28H27N5/c1-2-3-4-5-6-13-18-33-31-27-25(21-14-9-7-10-15-21)23(19-29)24(20-30)26(28(27)32-33)22-16-11-8-12-17-22/h7-12,14-17H,2-6,13,18H2,1H3. The molecule has 0 aliphatic carbocycles. The van der Waals surface area contributed by atoms with Gasteiger partial charge in [0.25, 0.3) is 0 Å². The van der Waals surface area contributed by atoms with E-state index >= 15 is 0 Å². The number of aromatic nitrogens is 3. The molecule has 0 saturated carbocycles. The van der Waals surface area contributed by atoms with Gasteiger partial charge in [-0.2, -0.15) is 25.5 Å². The summed E-state index contributed by atoms with van der Waals surface area (Å²) >= 11 is 0. The van der Waals surface area contributed by atoms with Crippen LogP contribution in [0.15, 0.2) is 60.7 Å². The third-order valence-electron chi connectivity index (χ3n) is 5.94. The van der Waals surface area contributed by atoms with E-state index in [2.05, 4.69) is 19.1 Å². The summed E-state index contributed by atoms with van der Waals surface area (Å²) < 4.78 is 0. The number of hydrogen-bond acceptors (Lipinski definition) is 4. The van der Waals surface area contributed by atoms with Gasteiger partial charge in [0.05, 0.1) is 17.7 Å². The van der Waals surface area contributed by atoms with Crippen LogP contribution >= 0.6 is 0 Å². The molecule has 4 aromatic rings. The van der Waals surface area contributed by atoms with Crippen LogP contribution < -0.4 is 0 Å². The van der Waals surface area contributed by atoms with Crippen LogP contribution in [0.1, 0.15) is 56.6 Å². The highest BCUT2D eigenvalue weighted by Crippen LogP contribution is 2.40. The first-order chi connectivity index (χ1) is 16.3. The van der Waals surface area contributed by atoms with Crippen molar-refractivity contribution in [3.8, 4) is 34.4 Å². The molecule has 0 radical (unpaired) electrons. The Labute approximate surface area is 194 Å². The van der Waals surface area contributed by atoms with Crippen molar-refractivity contribution in [3.05, 3.63) is 71.8 Å². The molecule has 5 nitrogen and oxygen atoms in total. The van der Waals surface area contributed by atoms with E-state index in [1.807, 2.05) is 60.7 Å². The second-order valence-electron chi connectivity index (χ2n) is 8.22. The molecule has 3 aromatic carbocycles. The molecule has 0 aliphatic heterocycles. The van der Waals surface area contributed by atoms with Gasteiger partial charge in [-0.15, -0.1) is 0 Å². The third-order valence-corrected chi connectivity index (χ3v) is 5.94. The zero-order chi connectivity index (χ0) is 23.0. The molecule has 0 saturated heterocycles. The molecule has 33 heavy (non-hydrogen) atoms. The summed E-state index contributed by atoms with van der Waals surface area (Å²) in [7, 11) is 0. The van der Waals surface area contributed by atoms with Crippen molar-refractivity contribution in [1.82, 2.24) is 15.0 Å². The summed E-state index contributed by atoms with van der Waals surface area (Å²) in [5.74, 6) is 0. The molecule has 1 aromatic heterocycles. The Bertz CT molecular complexity index is 1210. The zero-order valence-electron chi connectivity index (χ0n) is 19.0. The number of hydrogen-bond donors (Lipinski definition) is 0. The summed E-state index contributed by atoms with van der Waals surface area (Å²) in [5.41, 5.74) is 5.12. The third kappa shape index (κ3) is 4.64. The molecule has 0 N–H and O–H groups in total. The Kier molecular flexibility index (Phi) is 7.12. The first kappa shape index (κ1) is 22.2. The lowest BCUT2D eigenvalue weighted by molar-refractivity contribution is 0.488. The average Bonchev–Trinajstić information content (AvgIpc) is 3.28. The molecular weight excluding hydrogens is 406 g/mol. The van der Waals surface area contributed by atoms with E-state index in [1.54, 1.807) is 4.80 Å². The first-order valence-electron chi connectivity index (χ1n) is 11.6. The topological polar surface area (TPSA) is 78.3 Å². The Morgan fingerprint density at radius 1 is 0.667 bits per heavy atom. The summed E-state index contributed by atoms with van der Waals surface area (Å²) in [6.07, 6.45) is 7.14. The minimum Gasteiger partial charge on any atom is -0.192 e. The number of benzene rings is 3. The fraction of sp³-hybridized carbons (Fsp3) is 0.286. The van der Waals surface area contributed by atoms with Crippen LogP contribution in [0.3, 0.4) is 0 Å². The monoisotopic (exact) mass is 433 g/mol. The van der Waals surface area contributed by atoms with Crippen molar-refractivity contribution >= 4 is 11.0 Å². The Morgan fingerprint density at radius 3 is 1.58 bits per heavy atom. The number of nitriles is 2. The lowest BCUT2D eigenvalue weighted by Gasteiger charge is -2.12. The zero-order valence-corrected chi connectivity index (χ0v) is 19.0. The molecule has 5 heteroatoms. The van der Waals surface area contributed by atoms with Crippen molar-refractivity contribution in [1.29, 1.82) is 10.5 Å². The maximum atomic E-state index is 10.1. The summed E-state index contributed by atoms with van der Waals surface area (Å²) in [5, 5.41) is 29.9. The van der Waals surface area contributed by atoms with Crippen molar-refractivity contribution in [3.63, 3.8) is 0 Å². The molecule has 0 amide bonds. The number of fused-ring (bicyclic) bond motifs is 1. The van der Waals surface area contributed by atoms with Gasteiger partial charge in [-0.1, -0.05) is 99.7 Å². The molecule has 0 aliphatic rings. The Balaban J connectivity index is 1.87. The van der Waals surface area contributed by atoms with Crippen molar-refractivity contribution in [2.45, 2.75) is 52.0 Å². The fourth-order valence-corrected chi connectivity index (χ4v) is 4.30. The molecule has 0 fully saturated rings. The summed E-state index contributed by atoms with van der Waals surface area (Å²) in [6.45, 7) is 2.94. The lowest BCUT2D eigenvalue weighted by atomic mass is 9.88. The van der Waals surface area contributed by atoms with Crippen LogP contribution in [-0.4, -0.2) is 15.0 Å². The van der Waals surface area contributed by atoms with Gasteiger partial charge in [-0.05, 0) is 17.5 Å². The van der Waals surface area contributed by atoms with Crippen LogP contribution in [0.4, 0.5) is 0 Å². The molecule has 1 heterocycles. The van der Waals surface area contributed by atoms with Gasteiger partial charge in [-0.25, -0.2) is 0 Å². The van der Waals surface area contributed by atoms with Gasteiger partial charge in [0, 0.05) is 11.1 Å². The van der Waals surface area contributed by atoms with Gasteiger partial charge >= 0.3 is 0 Å². The van der Waals surface area contributed by atoms with E-state index in [0.29, 0.717) is 39.8 Å². The van der Waals surface area contributed by atoms with Gasteiger partial charge in [0.15, 0.2) is 0 Å². The number of unbranched alkanes of at least 4 members (excludes halogenated alkanes) is 5. The number of rotatable bonds is 9. The van der Waals surface area contributed by atoms with Gasteiger partial charge in [-0.3, -0.25) is 0 Å².